The fourth-order valence-corrected chi connectivity index (χ4v) is 6.69. The van der Waals surface area contributed by atoms with Gasteiger partial charge in [-0.05, 0) is 73.9 Å². The highest BCUT2D eigenvalue weighted by Crippen LogP contribution is 2.27. The van der Waals surface area contributed by atoms with E-state index in [1.54, 1.807) is 54.6 Å². The predicted molar refractivity (Wildman–Crippen MR) is 176 cm³/mol. The lowest BCUT2D eigenvalue weighted by atomic mass is 10.0. The van der Waals surface area contributed by atoms with Crippen LogP contribution in [0.5, 0.6) is 0 Å². The van der Waals surface area contributed by atoms with Gasteiger partial charge in [0.2, 0.25) is 11.8 Å². The average molecular weight is 653 g/mol. The Balaban J connectivity index is 1.82. The summed E-state index contributed by atoms with van der Waals surface area (Å²) < 4.78 is 29.2. The van der Waals surface area contributed by atoms with E-state index < -0.39 is 28.5 Å². The Morgan fingerprint density at radius 1 is 0.841 bits per heavy atom. The van der Waals surface area contributed by atoms with Gasteiger partial charge in [-0.3, -0.25) is 13.9 Å². The van der Waals surface area contributed by atoms with Crippen molar-refractivity contribution in [3.8, 4) is 0 Å². The molecule has 7 nitrogen and oxygen atoms in total. The number of halogens is 2. The first-order chi connectivity index (χ1) is 21.0. The van der Waals surface area contributed by atoms with E-state index in [-0.39, 0.29) is 29.8 Å². The summed E-state index contributed by atoms with van der Waals surface area (Å²) in [7, 11) is -4.17. The molecular formula is C34H35Cl2N3O4S. The third kappa shape index (κ3) is 8.40. The van der Waals surface area contributed by atoms with Crippen LogP contribution >= 0.6 is 23.2 Å². The van der Waals surface area contributed by atoms with Crippen molar-refractivity contribution in [3.63, 3.8) is 0 Å². The lowest BCUT2D eigenvalue weighted by Crippen LogP contribution is -2.54. The van der Waals surface area contributed by atoms with E-state index in [4.69, 9.17) is 23.2 Å². The van der Waals surface area contributed by atoms with Gasteiger partial charge in [-0.25, -0.2) is 8.42 Å². The number of rotatable bonds is 12. The number of amides is 2. The first-order valence-corrected chi connectivity index (χ1v) is 16.4. The summed E-state index contributed by atoms with van der Waals surface area (Å²) in [5.41, 5.74) is 2.56. The number of sulfonamides is 1. The van der Waals surface area contributed by atoms with Gasteiger partial charge in [0.25, 0.3) is 10.0 Å². The average Bonchev–Trinajstić information content (AvgIpc) is 2.99. The summed E-state index contributed by atoms with van der Waals surface area (Å²) in [5, 5.41) is 3.69. The van der Waals surface area contributed by atoms with Crippen LogP contribution in [0.15, 0.2) is 108 Å². The van der Waals surface area contributed by atoms with Gasteiger partial charge in [-0.2, -0.15) is 0 Å². The molecule has 0 spiro atoms. The van der Waals surface area contributed by atoms with Gasteiger partial charge < -0.3 is 10.2 Å². The number of carbonyl (C=O) groups is 2. The molecule has 230 valence electrons. The van der Waals surface area contributed by atoms with E-state index in [2.05, 4.69) is 5.32 Å². The summed E-state index contributed by atoms with van der Waals surface area (Å²) in [5.74, 6) is -0.938. The fraction of sp³-hybridized carbons (Fsp3) is 0.235. The zero-order valence-corrected chi connectivity index (χ0v) is 27.1. The molecule has 1 atom stereocenters. The molecule has 0 aromatic heterocycles. The SMILES string of the molecule is Cc1cccc(N(CC(=O)N(Cc2ccc(Cl)cc2Cl)[C@H](Cc2ccccc2)C(=O)NC(C)C)S(=O)(=O)c2ccccc2)c1. The summed E-state index contributed by atoms with van der Waals surface area (Å²) in [6.07, 6.45) is 0.201. The van der Waals surface area contributed by atoms with Crippen LogP contribution in [0.4, 0.5) is 5.69 Å². The van der Waals surface area contributed by atoms with Crippen LogP contribution in [-0.4, -0.2) is 43.8 Å². The Labute approximate surface area is 269 Å². The molecule has 0 bridgehead atoms. The minimum atomic E-state index is -4.17. The van der Waals surface area contributed by atoms with Crippen LogP contribution in [0.2, 0.25) is 10.0 Å². The highest BCUT2D eigenvalue weighted by Gasteiger charge is 2.35. The molecule has 1 N–H and O–H groups in total. The second-order valence-electron chi connectivity index (χ2n) is 10.8. The third-order valence-electron chi connectivity index (χ3n) is 6.96. The number of nitrogens with one attached hydrogen (secondary N) is 1. The molecule has 10 heteroatoms. The van der Waals surface area contributed by atoms with Gasteiger partial charge in [0.05, 0.1) is 10.6 Å². The van der Waals surface area contributed by atoms with Crippen LogP contribution in [-0.2, 0) is 32.6 Å². The second-order valence-corrected chi connectivity index (χ2v) is 13.5. The molecule has 4 aromatic rings. The maximum absolute atomic E-state index is 14.5. The molecule has 4 rings (SSSR count). The Hall–Kier alpha value is -3.85. The van der Waals surface area contributed by atoms with Crippen molar-refractivity contribution in [2.45, 2.75) is 50.7 Å². The Morgan fingerprint density at radius 2 is 1.50 bits per heavy atom. The van der Waals surface area contributed by atoms with E-state index >= 15 is 0 Å². The molecule has 0 unspecified atom stereocenters. The normalized spacial score (nSPS) is 12.0. The lowest BCUT2D eigenvalue weighted by molar-refractivity contribution is -0.140. The molecular weight excluding hydrogens is 617 g/mol. The van der Waals surface area contributed by atoms with Crippen molar-refractivity contribution in [2.75, 3.05) is 10.8 Å². The minimum Gasteiger partial charge on any atom is -0.352 e. The van der Waals surface area contributed by atoms with Gasteiger partial charge in [-0.15, -0.1) is 0 Å². The summed E-state index contributed by atoms with van der Waals surface area (Å²) in [4.78, 5) is 29.7. The van der Waals surface area contributed by atoms with Crippen molar-refractivity contribution < 1.29 is 18.0 Å². The van der Waals surface area contributed by atoms with Gasteiger partial charge in [0, 0.05) is 29.1 Å². The van der Waals surface area contributed by atoms with Crippen molar-refractivity contribution in [1.82, 2.24) is 10.2 Å². The Morgan fingerprint density at radius 3 is 2.11 bits per heavy atom. The van der Waals surface area contributed by atoms with Crippen molar-refractivity contribution in [2.24, 2.45) is 0 Å². The second kappa shape index (κ2) is 14.8. The molecule has 0 saturated carbocycles. The van der Waals surface area contributed by atoms with Crippen LogP contribution < -0.4 is 9.62 Å². The fourth-order valence-electron chi connectivity index (χ4n) is 4.80. The smallest absolute Gasteiger partial charge is 0.264 e. The quantitative estimate of drug-likeness (QED) is 0.186. The predicted octanol–water partition coefficient (Wildman–Crippen LogP) is 6.66. The molecule has 0 radical (unpaired) electrons. The third-order valence-corrected chi connectivity index (χ3v) is 9.33. The number of anilines is 1. The summed E-state index contributed by atoms with van der Waals surface area (Å²) in [6.45, 7) is 4.92. The first kappa shape index (κ1) is 33.1. The minimum absolute atomic E-state index is 0.0417. The molecule has 4 aromatic carbocycles. The van der Waals surface area contributed by atoms with E-state index in [1.807, 2.05) is 57.2 Å². The Kier molecular flexibility index (Phi) is 11.1. The highest BCUT2D eigenvalue weighted by molar-refractivity contribution is 7.92. The van der Waals surface area contributed by atoms with Crippen LogP contribution in [0, 0.1) is 6.92 Å². The highest BCUT2D eigenvalue weighted by atomic mass is 35.5. The number of hydrogen-bond donors (Lipinski definition) is 1. The van der Waals surface area contributed by atoms with E-state index in [9.17, 15) is 18.0 Å². The maximum atomic E-state index is 14.5. The summed E-state index contributed by atoms with van der Waals surface area (Å²) in [6, 6.07) is 28.0. The first-order valence-electron chi connectivity index (χ1n) is 14.2. The van der Waals surface area contributed by atoms with E-state index in [0.29, 0.717) is 21.3 Å². The van der Waals surface area contributed by atoms with Gasteiger partial charge in [0.1, 0.15) is 12.6 Å². The van der Waals surface area contributed by atoms with E-state index in [0.717, 1.165) is 15.4 Å². The zero-order chi connectivity index (χ0) is 31.9. The molecule has 0 fully saturated rings. The molecule has 0 aliphatic carbocycles. The van der Waals surface area contributed by atoms with Crippen molar-refractivity contribution >= 4 is 50.7 Å². The van der Waals surface area contributed by atoms with Gasteiger partial charge in [0.15, 0.2) is 0 Å². The lowest BCUT2D eigenvalue weighted by Gasteiger charge is -2.34. The topological polar surface area (TPSA) is 86.8 Å². The van der Waals surface area contributed by atoms with Crippen molar-refractivity contribution in [1.29, 1.82) is 0 Å². The number of carbonyl (C=O) groups excluding carboxylic acids is 2. The van der Waals surface area contributed by atoms with Gasteiger partial charge >= 0.3 is 0 Å². The molecule has 0 aliphatic rings. The van der Waals surface area contributed by atoms with Crippen LogP contribution in [0.25, 0.3) is 0 Å². The number of nitrogens with zero attached hydrogens (tertiary/aromatic N) is 2. The van der Waals surface area contributed by atoms with Gasteiger partial charge in [-0.1, -0.05) is 89.9 Å². The number of aryl methyl sites for hydroxylation is 1. The standard InChI is InChI=1S/C34H35Cl2N3O4S/c1-24(2)37-34(41)32(20-26-12-6-4-7-13-26)38(22-27-17-18-28(35)21-31(27)36)33(40)23-39(29-14-10-11-25(3)19-29)44(42,43)30-15-8-5-9-16-30/h4-19,21,24,32H,20,22-23H2,1-3H3,(H,37,41)/t32-/m1/s1. The van der Waals surface area contributed by atoms with Crippen LogP contribution in [0.3, 0.4) is 0 Å². The largest absolute Gasteiger partial charge is 0.352 e. The molecule has 2 amide bonds. The summed E-state index contributed by atoms with van der Waals surface area (Å²) >= 11 is 12.7. The molecule has 0 saturated heterocycles. The molecule has 0 aliphatic heterocycles. The van der Waals surface area contributed by atoms with Crippen LogP contribution in [0.1, 0.15) is 30.5 Å². The Bertz CT molecular complexity index is 1700. The van der Waals surface area contributed by atoms with E-state index in [1.165, 1.54) is 17.0 Å². The monoisotopic (exact) mass is 651 g/mol. The number of benzene rings is 4. The molecule has 44 heavy (non-hydrogen) atoms. The maximum Gasteiger partial charge on any atom is 0.264 e. The van der Waals surface area contributed by atoms with Crippen molar-refractivity contribution in [3.05, 3.63) is 130 Å². The molecule has 0 heterocycles. The zero-order valence-electron chi connectivity index (χ0n) is 24.8. The number of hydrogen-bond acceptors (Lipinski definition) is 4.